The van der Waals surface area contributed by atoms with Gasteiger partial charge >= 0.3 is 0 Å². The molecule has 0 bridgehead atoms. The fourth-order valence-electron chi connectivity index (χ4n) is 2.11. The lowest BCUT2D eigenvalue weighted by molar-refractivity contribution is -0.131. The maximum Gasteiger partial charge on any atom is 0.227 e. The lowest BCUT2D eigenvalue weighted by Crippen LogP contribution is -2.51. The van der Waals surface area contributed by atoms with Crippen molar-refractivity contribution in [1.82, 2.24) is 10.2 Å². The van der Waals surface area contributed by atoms with E-state index in [4.69, 9.17) is 0 Å². The zero-order valence-electron chi connectivity index (χ0n) is 10.4. The molecular weight excluding hydrogens is 252 g/mol. The average molecular weight is 271 g/mol. The van der Waals surface area contributed by atoms with Crippen molar-refractivity contribution in [3.05, 3.63) is 29.8 Å². The van der Waals surface area contributed by atoms with Crippen molar-refractivity contribution >= 4 is 18.3 Å². The average Bonchev–Trinajstić information content (AvgIpc) is 2.29. The van der Waals surface area contributed by atoms with Gasteiger partial charge in [-0.3, -0.25) is 4.79 Å². The minimum atomic E-state index is 0. The molecule has 100 valence electrons. The van der Waals surface area contributed by atoms with Crippen LogP contribution < -0.4 is 5.32 Å². The van der Waals surface area contributed by atoms with E-state index in [2.05, 4.69) is 12.2 Å². The summed E-state index contributed by atoms with van der Waals surface area (Å²) >= 11 is 0. The highest BCUT2D eigenvalue weighted by Crippen LogP contribution is 2.12. The Hall–Kier alpha value is -1.26. The number of hydrogen-bond donors (Lipinski definition) is 2. The van der Waals surface area contributed by atoms with E-state index in [0.29, 0.717) is 12.5 Å². The molecule has 1 heterocycles. The van der Waals surface area contributed by atoms with Crippen molar-refractivity contribution in [2.24, 2.45) is 0 Å². The van der Waals surface area contributed by atoms with Gasteiger partial charge < -0.3 is 15.3 Å². The number of nitrogens with zero attached hydrogens (tertiary/aromatic N) is 1. The van der Waals surface area contributed by atoms with E-state index in [1.54, 1.807) is 18.2 Å². The van der Waals surface area contributed by atoms with E-state index in [0.717, 1.165) is 25.2 Å². The van der Waals surface area contributed by atoms with Crippen LogP contribution in [-0.2, 0) is 11.2 Å². The van der Waals surface area contributed by atoms with Gasteiger partial charge in [0.15, 0.2) is 0 Å². The number of hydrogen-bond acceptors (Lipinski definition) is 3. The van der Waals surface area contributed by atoms with Crippen LogP contribution in [0.2, 0.25) is 0 Å². The zero-order valence-corrected chi connectivity index (χ0v) is 11.2. The van der Waals surface area contributed by atoms with Gasteiger partial charge in [0.25, 0.3) is 0 Å². The Balaban J connectivity index is 0.00000162. The smallest absolute Gasteiger partial charge is 0.227 e. The third-order valence-corrected chi connectivity index (χ3v) is 2.99. The number of halogens is 1. The fourth-order valence-corrected chi connectivity index (χ4v) is 2.11. The van der Waals surface area contributed by atoms with Gasteiger partial charge in [0, 0.05) is 25.7 Å². The molecule has 0 saturated carbocycles. The van der Waals surface area contributed by atoms with Crippen LogP contribution in [0.1, 0.15) is 12.5 Å². The zero-order chi connectivity index (χ0) is 12.3. The Kier molecular flexibility index (Phi) is 5.44. The van der Waals surface area contributed by atoms with E-state index in [-0.39, 0.29) is 24.1 Å². The molecule has 1 saturated heterocycles. The lowest BCUT2D eigenvalue weighted by atomic mass is 10.1. The van der Waals surface area contributed by atoms with Crippen molar-refractivity contribution in [1.29, 1.82) is 0 Å². The van der Waals surface area contributed by atoms with Crippen LogP contribution in [0, 0.1) is 0 Å². The first-order valence-electron chi connectivity index (χ1n) is 5.94. The summed E-state index contributed by atoms with van der Waals surface area (Å²) in [5.41, 5.74) is 0.862. The van der Waals surface area contributed by atoms with Gasteiger partial charge in [0.1, 0.15) is 5.75 Å². The van der Waals surface area contributed by atoms with E-state index in [9.17, 15) is 9.90 Å². The van der Waals surface area contributed by atoms with E-state index >= 15 is 0 Å². The quantitative estimate of drug-likeness (QED) is 0.848. The summed E-state index contributed by atoms with van der Waals surface area (Å²) < 4.78 is 0. The second-order valence-corrected chi connectivity index (χ2v) is 4.54. The van der Waals surface area contributed by atoms with Crippen molar-refractivity contribution in [3.8, 4) is 5.75 Å². The fraction of sp³-hybridized carbons (Fsp3) is 0.462. The van der Waals surface area contributed by atoms with E-state index in [1.165, 1.54) is 0 Å². The largest absolute Gasteiger partial charge is 0.508 e. The van der Waals surface area contributed by atoms with Gasteiger partial charge in [-0.2, -0.15) is 0 Å². The Morgan fingerprint density at radius 1 is 1.56 bits per heavy atom. The van der Waals surface area contributed by atoms with Crippen molar-refractivity contribution < 1.29 is 9.90 Å². The van der Waals surface area contributed by atoms with Crippen LogP contribution in [0.3, 0.4) is 0 Å². The van der Waals surface area contributed by atoms with Gasteiger partial charge in [-0.15, -0.1) is 12.4 Å². The number of amides is 1. The molecule has 0 radical (unpaired) electrons. The Morgan fingerprint density at radius 3 is 3.00 bits per heavy atom. The molecule has 0 spiro atoms. The van der Waals surface area contributed by atoms with Crippen LogP contribution in [0.4, 0.5) is 0 Å². The molecule has 0 aliphatic carbocycles. The SMILES string of the molecule is C[C@@H]1CN(C(=O)Cc2cccc(O)c2)CCN1.Cl. The van der Waals surface area contributed by atoms with Gasteiger partial charge in [0.2, 0.25) is 5.91 Å². The Bertz CT molecular complexity index is 412. The number of carbonyl (C=O) groups excluding carboxylic acids is 1. The molecule has 5 heteroatoms. The van der Waals surface area contributed by atoms with E-state index < -0.39 is 0 Å². The van der Waals surface area contributed by atoms with Crippen LogP contribution >= 0.6 is 12.4 Å². The Labute approximate surface area is 113 Å². The Morgan fingerprint density at radius 2 is 2.33 bits per heavy atom. The van der Waals surface area contributed by atoms with Crippen LogP contribution in [-0.4, -0.2) is 41.6 Å². The van der Waals surface area contributed by atoms with Crippen LogP contribution in [0.5, 0.6) is 5.75 Å². The number of phenols is 1. The summed E-state index contributed by atoms with van der Waals surface area (Å²) in [7, 11) is 0. The standard InChI is InChI=1S/C13H18N2O2.ClH/c1-10-9-15(6-5-14-10)13(17)8-11-3-2-4-12(16)7-11;/h2-4,7,10,14,16H,5-6,8-9H2,1H3;1H/t10-;/m1./s1. The minimum absolute atomic E-state index is 0. The van der Waals surface area contributed by atoms with Crippen molar-refractivity contribution in [3.63, 3.8) is 0 Å². The molecule has 2 N–H and O–H groups in total. The highest BCUT2D eigenvalue weighted by atomic mass is 35.5. The number of carbonyl (C=O) groups is 1. The van der Waals surface area contributed by atoms with Gasteiger partial charge in [0.05, 0.1) is 6.42 Å². The van der Waals surface area contributed by atoms with E-state index in [1.807, 2.05) is 11.0 Å². The molecule has 1 aliphatic rings. The van der Waals surface area contributed by atoms with Gasteiger partial charge in [-0.1, -0.05) is 12.1 Å². The summed E-state index contributed by atoms with van der Waals surface area (Å²) in [6, 6.07) is 7.24. The lowest BCUT2D eigenvalue weighted by Gasteiger charge is -2.32. The second kappa shape index (κ2) is 6.61. The topological polar surface area (TPSA) is 52.6 Å². The van der Waals surface area contributed by atoms with Gasteiger partial charge in [-0.25, -0.2) is 0 Å². The van der Waals surface area contributed by atoms with Gasteiger partial charge in [-0.05, 0) is 24.6 Å². The third-order valence-electron chi connectivity index (χ3n) is 2.99. The number of rotatable bonds is 2. The maximum absolute atomic E-state index is 12.0. The monoisotopic (exact) mass is 270 g/mol. The highest BCUT2D eigenvalue weighted by molar-refractivity contribution is 5.85. The first-order valence-corrected chi connectivity index (χ1v) is 5.94. The number of nitrogens with one attached hydrogen (secondary N) is 1. The maximum atomic E-state index is 12.0. The molecule has 1 amide bonds. The first-order chi connectivity index (χ1) is 8.15. The number of phenolic OH excluding ortho intramolecular Hbond substituents is 1. The molecule has 4 nitrogen and oxygen atoms in total. The summed E-state index contributed by atoms with van der Waals surface area (Å²) in [4.78, 5) is 13.9. The molecule has 1 atom stereocenters. The molecule has 2 rings (SSSR count). The predicted octanol–water partition coefficient (Wildman–Crippen LogP) is 1.18. The number of benzene rings is 1. The predicted molar refractivity (Wildman–Crippen MR) is 73.1 cm³/mol. The molecule has 1 fully saturated rings. The number of piperazine rings is 1. The van der Waals surface area contributed by atoms with Crippen molar-refractivity contribution in [2.45, 2.75) is 19.4 Å². The van der Waals surface area contributed by atoms with Crippen molar-refractivity contribution in [2.75, 3.05) is 19.6 Å². The molecule has 0 unspecified atom stereocenters. The minimum Gasteiger partial charge on any atom is -0.508 e. The molecule has 1 aliphatic heterocycles. The molecular formula is C13H19ClN2O2. The van der Waals surface area contributed by atoms with Crippen LogP contribution in [0.15, 0.2) is 24.3 Å². The second-order valence-electron chi connectivity index (χ2n) is 4.54. The third kappa shape index (κ3) is 3.89. The summed E-state index contributed by atoms with van der Waals surface area (Å²) in [5.74, 6) is 0.341. The molecule has 0 aromatic heterocycles. The number of aromatic hydroxyl groups is 1. The summed E-state index contributed by atoms with van der Waals surface area (Å²) in [6.07, 6.45) is 0.362. The summed E-state index contributed by atoms with van der Waals surface area (Å²) in [5, 5.41) is 12.6. The first kappa shape index (κ1) is 14.8. The normalized spacial score (nSPS) is 19.2. The molecule has 1 aromatic carbocycles. The highest BCUT2D eigenvalue weighted by Gasteiger charge is 2.20. The molecule has 18 heavy (non-hydrogen) atoms. The summed E-state index contributed by atoms with van der Waals surface area (Å²) in [6.45, 7) is 4.46. The molecule has 1 aromatic rings. The van der Waals surface area contributed by atoms with Crippen LogP contribution in [0.25, 0.3) is 0 Å².